The van der Waals surface area contributed by atoms with Crippen LogP contribution in [0.2, 0.25) is 0 Å². The summed E-state index contributed by atoms with van der Waals surface area (Å²) < 4.78 is 37.9. The maximum Gasteiger partial charge on any atom is 0.391 e. The van der Waals surface area contributed by atoms with E-state index >= 15 is 0 Å². The fourth-order valence-corrected chi connectivity index (χ4v) is 4.58. The number of amides is 1. The molecule has 130 valence electrons. The molecule has 3 fully saturated rings. The number of hydrogen-bond acceptors (Lipinski definition) is 2. The van der Waals surface area contributed by atoms with E-state index < -0.39 is 18.1 Å². The summed E-state index contributed by atoms with van der Waals surface area (Å²) in [6, 6.07) is 0.0113. The topological polar surface area (TPSA) is 66.4 Å². The van der Waals surface area contributed by atoms with Gasteiger partial charge < -0.3 is 10.4 Å². The molecule has 0 aromatic heterocycles. The Kier molecular flexibility index (Phi) is 4.31. The number of carbonyl (C=O) groups excluding carboxylic acids is 1. The molecule has 0 spiro atoms. The molecular formula is C16H22F3NO3. The third-order valence-corrected chi connectivity index (χ3v) is 6.06. The largest absolute Gasteiger partial charge is 0.481 e. The molecule has 3 rings (SSSR count). The van der Waals surface area contributed by atoms with Crippen LogP contribution in [0.25, 0.3) is 0 Å². The lowest BCUT2D eigenvalue weighted by Gasteiger charge is -2.42. The van der Waals surface area contributed by atoms with E-state index in [-0.39, 0.29) is 55.4 Å². The highest BCUT2D eigenvalue weighted by Crippen LogP contribution is 2.50. The van der Waals surface area contributed by atoms with Crippen LogP contribution in [0.3, 0.4) is 0 Å². The summed E-state index contributed by atoms with van der Waals surface area (Å²) in [5.41, 5.74) is 0. The predicted octanol–water partition coefficient (Wildman–Crippen LogP) is 2.97. The number of rotatable bonds is 3. The Bertz CT molecular complexity index is 485. The average molecular weight is 333 g/mol. The number of fused-ring (bicyclic) bond motifs is 1. The molecule has 0 aliphatic heterocycles. The van der Waals surface area contributed by atoms with E-state index in [9.17, 15) is 22.8 Å². The van der Waals surface area contributed by atoms with Gasteiger partial charge in [0.2, 0.25) is 5.91 Å². The Balaban J connectivity index is 1.46. The maximum absolute atomic E-state index is 12.6. The van der Waals surface area contributed by atoms with E-state index in [4.69, 9.17) is 5.11 Å². The van der Waals surface area contributed by atoms with E-state index in [2.05, 4.69) is 5.32 Å². The van der Waals surface area contributed by atoms with Crippen LogP contribution in [0, 0.1) is 29.6 Å². The molecular weight excluding hydrogens is 311 g/mol. The predicted molar refractivity (Wildman–Crippen MR) is 75.4 cm³/mol. The standard InChI is InChI=1S/C16H22F3NO3/c17-16(18,19)11-3-1-8(2-4-11)14(21)20-13-7-9-5-10(15(22)23)6-12(9)13/h8-13H,1-7H2,(H,20,21)(H,22,23)/t8?,9-,10?,11?,12-,13+/m1/s1. The smallest absolute Gasteiger partial charge is 0.391 e. The molecule has 1 unspecified atom stereocenters. The summed E-state index contributed by atoms with van der Waals surface area (Å²) in [6.45, 7) is 0. The Morgan fingerprint density at radius 1 is 0.957 bits per heavy atom. The Morgan fingerprint density at radius 3 is 2.17 bits per heavy atom. The second-order valence-electron chi connectivity index (χ2n) is 7.37. The van der Waals surface area contributed by atoms with Gasteiger partial charge in [-0.3, -0.25) is 9.59 Å². The van der Waals surface area contributed by atoms with Crippen molar-refractivity contribution in [3.63, 3.8) is 0 Å². The van der Waals surface area contributed by atoms with Crippen LogP contribution in [0.4, 0.5) is 13.2 Å². The lowest BCUT2D eigenvalue weighted by molar-refractivity contribution is -0.184. The third-order valence-electron chi connectivity index (χ3n) is 6.06. The van der Waals surface area contributed by atoms with Gasteiger partial charge in [-0.2, -0.15) is 13.2 Å². The molecule has 0 aromatic carbocycles. The van der Waals surface area contributed by atoms with Crippen LogP contribution >= 0.6 is 0 Å². The molecule has 0 bridgehead atoms. The Morgan fingerprint density at radius 2 is 1.61 bits per heavy atom. The molecule has 3 aliphatic carbocycles. The fraction of sp³-hybridized carbons (Fsp3) is 0.875. The first-order valence-corrected chi connectivity index (χ1v) is 8.35. The molecule has 0 radical (unpaired) electrons. The van der Waals surface area contributed by atoms with Crippen molar-refractivity contribution in [2.24, 2.45) is 29.6 Å². The van der Waals surface area contributed by atoms with Gasteiger partial charge in [-0.15, -0.1) is 0 Å². The molecule has 1 amide bonds. The van der Waals surface area contributed by atoms with Gasteiger partial charge in [0.1, 0.15) is 0 Å². The Hall–Kier alpha value is -1.27. The summed E-state index contributed by atoms with van der Waals surface area (Å²) in [5.74, 6) is -2.22. The van der Waals surface area contributed by atoms with Crippen molar-refractivity contribution < 1.29 is 27.9 Å². The first-order chi connectivity index (χ1) is 10.8. The zero-order valence-corrected chi connectivity index (χ0v) is 12.8. The molecule has 4 atom stereocenters. The van der Waals surface area contributed by atoms with E-state index in [1.807, 2.05) is 0 Å². The Labute approximate surface area is 132 Å². The van der Waals surface area contributed by atoms with Crippen molar-refractivity contribution in [3.8, 4) is 0 Å². The third kappa shape index (κ3) is 3.33. The molecule has 0 saturated heterocycles. The lowest BCUT2D eigenvalue weighted by atomic mass is 9.71. The van der Waals surface area contributed by atoms with Crippen molar-refractivity contribution in [2.45, 2.75) is 57.2 Å². The second kappa shape index (κ2) is 5.98. The second-order valence-corrected chi connectivity index (χ2v) is 7.37. The van der Waals surface area contributed by atoms with Crippen LogP contribution in [-0.4, -0.2) is 29.2 Å². The van der Waals surface area contributed by atoms with Crippen LogP contribution in [-0.2, 0) is 9.59 Å². The van der Waals surface area contributed by atoms with Gasteiger partial charge in [0.05, 0.1) is 11.8 Å². The van der Waals surface area contributed by atoms with Gasteiger partial charge >= 0.3 is 12.1 Å². The zero-order chi connectivity index (χ0) is 16.8. The first-order valence-electron chi connectivity index (χ1n) is 8.35. The number of carbonyl (C=O) groups is 2. The molecule has 0 aromatic rings. The summed E-state index contributed by atoms with van der Waals surface area (Å²) in [4.78, 5) is 23.3. The zero-order valence-electron chi connectivity index (χ0n) is 12.8. The minimum absolute atomic E-state index is 0.0113. The minimum Gasteiger partial charge on any atom is -0.481 e. The highest BCUT2D eigenvalue weighted by atomic mass is 19.4. The summed E-state index contributed by atoms with van der Waals surface area (Å²) in [6.07, 6.45) is -1.44. The summed E-state index contributed by atoms with van der Waals surface area (Å²) >= 11 is 0. The number of carboxylic acids is 1. The maximum atomic E-state index is 12.6. The number of alkyl halides is 3. The van der Waals surface area contributed by atoms with Crippen LogP contribution < -0.4 is 5.32 Å². The molecule has 4 nitrogen and oxygen atoms in total. The number of nitrogens with one attached hydrogen (secondary N) is 1. The van der Waals surface area contributed by atoms with Gasteiger partial charge in [-0.1, -0.05) is 0 Å². The average Bonchev–Trinajstić information content (AvgIpc) is 2.81. The van der Waals surface area contributed by atoms with E-state index in [0.717, 1.165) is 6.42 Å². The van der Waals surface area contributed by atoms with Gasteiger partial charge in [0.25, 0.3) is 0 Å². The SMILES string of the molecule is O=C(O)C1C[C@@H]2C[C@H](NC(=O)C3CCC(C(F)(F)F)CC3)[C@@H]2C1. The molecule has 0 heterocycles. The number of carboxylic acid groups (broad SMARTS) is 1. The van der Waals surface area contributed by atoms with E-state index in [1.54, 1.807) is 0 Å². The van der Waals surface area contributed by atoms with Gasteiger partial charge in [-0.25, -0.2) is 0 Å². The van der Waals surface area contributed by atoms with Crippen LogP contribution in [0.15, 0.2) is 0 Å². The fourth-order valence-electron chi connectivity index (χ4n) is 4.58. The highest BCUT2D eigenvalue weighted by Gasteiger charge is 2.50. The van der Waals surface area contributed by atoms with Crippen LogP contribution in [0.5, 0.6) is 0 Å². The monoisotopic (exact) mass is 333 g/mol. The van der Waals surface area contributed by atoms with E-state index in [0.29, 0.717) is 18.8 Å². The van der Waals surface area contributed by atoms with Crippen molar-refractivity contribution >= 4 is 11.9 Å². The molecule has 23 heavy (non-hydrogen) atoms. The van der Waals surface area contributed by atoms with Crippen molar-refractivity contribution in [2.75, 3.05) is 0 Å². The molecule has 2 N–H and O–H groups in total. The van der Waals surface area contributed by atoms with Gasteiger partial charge in [0, 0.05) is 12.0 Å². The minimum atomic E-state index is -4.15. The van der Waals surface area contributed by atoms with Gasteiger partial charge in [0.15, 0.2) is 0 Å². The molecule has 3 saturated carbocycles. The van der Waals surface area contributed by atoms with Crippen molar-refractivity contribution in [3.05, 3.63) is 0 Å². The van der Waals surface area contributed by atoms with Crippen molar-refractivity contribution in [1.82, 2.24) is 5.32 Å². The van der Waals surface area contributed by atoms with Crippen molar-refractivity contribution in [1.29, 1.82) is 0 Å². The molecule has 7 heteroatoms. The normalized spacial score (nSPS) is 40.1. The number of halogens is 3. The van der Waals surface area contributed by atoms with Crippen LogP contribution in [0.1, 0.15) is 44.9 Å². The quantitative estimate of drug-likeness (QED) is 0.834. The van der Waals surface area contributed by atoms with E-state index in [1.165, 1.54) is 0 Å². The summed E-state index contributed by atoms with van der Waals surface area (Å²) in [5, 5.41) is 12.0. The number of hydrogen-bond donors (Lipinski definition) is 2. The molecule has 3 aliphatic rings. The summed E-state index contributed by atoms with van der Waals surface area (Å²) in [7, 11) is 0. The lowest BCUT2D eigenvalue weighted by Crippen LogP contribution is -2.52. The first kappa shape index (κ1) is 16.6. The number of aliphatic carboxylic acids is 1. The van der Waals surface area contributed by atoms with Gasteiger partial charge in [-0.05, 0) is 56.8 Å². The highest BCUT2D eigenvalue weighted by molar-refractivity contribution is 5.79.